The van der Waals surface area contributed by atoms with E-state index in [-0.39, 0.29) is 17.6 Å². The van der Waals surface area contributed by atoms with Crippen molar-refractivity contribution in [2.75, 3.05) is 13.1 Å². The van der Waals surface area contributed by atoms with E-state index in [1.54, 1.807) is 0 Å². The Morgan fingerprint density at radius 1 is 1.19 bits per heavy atom. The Morgan fingerprint density at radius 2 is 1.92 bits per heavy atom. The third-order valence-corrected chi connectivity index (χ3v) is 7.36. The van der Waals surface area contributed by atoms with Crippen LogP contribution in [0.15, 0.2) is 16.5 Å². The fourth-order valence-corrected chi connectivity index (χ4v) is 5.67. The highest BCUT2D eigenvalue weighted by Crippen LogP contribution is 2.52. The molecule has 2 amide bonds. The van der Waals surface area contributed by atoms with Gasteiger partial charge in [-0.1, -0.05) is 13.8 Å². The molecule has 2 N–H and O–H groups in total. The number of nitrogens with one attached hydrogen (secondary N) is 2. The van der Waals surface area contributed by atoms with Gasteiger partial charge >= 0.3 is 6.03 Å². The molecule has 3 aliphatic heterocycles. The molecular formula is C20H31N5O. The predicted molar refractivity (Wildman–Crippen MR) is 101 cm³/mol. The van der Waals surface area contributed by atoms with Crippen LogP contribution in [0.5, 0.6) is 0 Å². The lowest BCUT2D eigenvalue weighted by molar-refractivity contribution is 0.125. The summed E-state index contributed by atoms with van der Waals surface area (Å²) in [4.78, 5) is 22.2. The minimum absolute atomic E-state index is 0.121. The standard InChI is InChI=1S/C20H31N5O/c1-3-11-24-17-15(16-21-14(4-2)12-25(16)19(24)26)22-18(23-17)20-8-5-13(6-9-20)7-10-20/h13-14,17,21H,3-12H2,1-2H3,(H,22,23)/t13?,14-,17?,20?/m1/s1. The number of fused-ring (bicyclic) bond motifs is 5. The second-order valence-corrected chi connectivity index (χ2v) is 8.84. The number of urea groups is 1. The number of carbonyl (C=O) groups is 1. The first kappa shape index (κ1) is 16.5. The van der Waals surface area contributed by atoms with Crippen molar-refractivity contribution in [2.45, 2.75) is 77.4 Å². The van der Waals surface area contributed by atoms with Crippen molar-refractivity contribution in [1.82, 2.24) is 20.4 Å². The summed E-state index contributed by atoms with van der Waals surface area (Å²) in [5.41, 5.74) is 1.35. The SMILES string of the molecule is CCCN1C(=O)N2C[C@@H](CC)NC2=C2NC(C34CCC(CC3)CC4)=NC21. The highest BCUT2D eigenvalue weighted by Gasteiger charge is 2.51. The van der Waals surface area contributed by atoms with Gasteiger partial charge in [-0.05, 0) is 57.3 Å². The lowest BCUT2D eigenvalue weighted by atomic mass is 9.60. The molecule has 1 saturated heterocycles. The number of carbonyl (C=O) groups excluding carboxylic acids is 1. The van der Waals surface area contributed by atoms with E-state index in [0.717, 1.165) is 43.4 Å². The lowest BCUT2D eigenvalue weighted by Gasteiger charge is -2.46. The van der Waals surface area contributed by atoms with E-state index in [9.17, 15) is 4.79 Å². The van der Waals surface area contributed by atoms with E-state index >= 15 is 0 Å². The van der Waals surface area contributed by atoms with E-state index in [1.165, 1.54) is 44.4 Å². The molecule has 3 saturated carbocycles. The van der Waals surface area contributed by atoms with Crippen LogP contribution in [0.4, 0.5) is 4.79 Å². The normalized spacial score (nSPS) is 38.2. The van der Waals surface area contributed by atoms with Gasteiger partial charge in [0.25, 0.3) is 0 Å². The lowest BCUT2D eigenvalue weighted by Crippen LogP contribution is -2.53. The second kappa shape index (κ2) is 5.89. The number of aliphatic imine (C=N–C) groups is 1. The Balaban J connectivity index is 1.52. The van der Waals surface area contributed by atoms with E-state index in [2.05, 4.69) is 24.5 Å². The van der Waals surface area contributed by atoms with Crippen LogP contribution in [0, 0.1) is 11.3 Å². The van der Waals surface area contributed by atoms with Crippen molar-refractivity contribution in [3.63, 3.8) is 0 Å². The van der Waals surface area contributed by atoms with Crippen molar-refractivity contribution in [3.05, 3.63) is 11.5 Å². The average Bonchev–Trinajstić information content (AvgIpc) is 3.31. The van der Waals surface area contributed by atoms with E-state index in [0.29, 0.717) is 6.04 Å². The molecule has 0 aromatic heterocycles. The van der Waals surface area contributed by atoms with Gasteiger partial charge in [-0.15, -0.1) is 0 Å². The molecule has 3 heterocycles. The molecule has 142 valence electrons. The fourth-order valence-electron chi connectivity index (χ4n) is 5.67. The van der Waals surface area contributed by atoms with Crippen molar-refractivity contribution in [2.24, 2.45) is 16.3 Å². The van der Waals surface area contributed by atoms with Crippen LogP contribution in [0.25, 0.3) is 0 Å². The first-order chi connectivity index (χ1) is 12.6. The predicted octanol–water partition coefficient (Wildman–Crippen LogP) is 2.98. The molecule has 6 aliphatic rings. The molecule has 0 aromatic carbocycles. The number of hydrogen-bond acceptors (Lipinski definition) is 4. The summed E-state index contributed by atoms with van der Waals surface area (Å²) in [7, 11) is 0. The topological polar surface area (TPSA) is 60.0 Å². The zero-order valence-corrected chi connectivity index (χ0v) is 16.1. The Kier molecular flexibility index (Phi) is 3.73. The van der Waals surface area contributed by atoms with Crippen molar-refractivity contribution in [3.8, 4) is 0 Å². The van der Waals surface area contributed by atoms with Crippen LogP contribution in [-0.4, -0.2) is 47.0 Å². The first-order valence-corrected chi connectivity index (χ1v) is 10.6. The number of amides is 2. The molecule has 3 aliphatic carbocycles. The van der Waals surface area contributed by atoms with Gasteiger partial charge in [0.2, 0.25) is 0 Å². The van der Waals surface area contributed by atoms with Gasteiger partial charge in [-0.25, -0.2) is 9.79 Å². The molecule has 0 spiro atoms. The molecule has 6 rings (SSSR count). The molecule has 0 aromatic rings. The molecule has 6 heteroatoms. The van der Waals surface area contributed by atoms with Gasteiger partial charge in [0, 0.05) is 24.5 Å². The van der Waals surface area contributed by atoms with E-state index in [1.807, 2.05) is 9.80 Å². The number of rotatable bonds is 4. The zero-order valence-electron chi connectivity index (χ0n) is 16.1. The van der Waals surface area contributed by atoms with Crippen molar-refractivity contribution < 1.29 is 4.79 Å². The second-order valence-electron chi connectivity index (χ2n) is 8.84. The van der Waals surface area contributed by atoms with Gasteiger partial charge in [-0.2, -0.15) is 0 Å². The van der Waals surface area contributed by atoms with Crippen molar-refractivity contribution in [1.29, 1.82) is 0 Å². The molecule has 4 fully saturated rings. The maximum atomic E-state index is 13.1. The monoisotopic (exact) mass is 357 g/mol. The van der Waals surface area contributed by atoms with Gasteiger partial charge in [-0.3, -0.25) is 9.80 Å². The van der Waals surface area contributed by atoms with Gasteiger partial charge in [0.15, 0.2) is 6.17 Å². The summed E-state index contributed by atoms with van der Waals surface area (Å²) in [6.45, 7) is 5.85. The van der Waals surface area contributed by atoms with Crippen LogP contribution in [0.1, 0.15) is 65.2 Å². The smallest absolute Gasteiger partial charge is 0.327 e. The Bertz CT molecular complexity index is 662. The molecule has 2 bridgehead atoms. The van der Waals surface area contributed by atoms with Crippen LogP contribution in [0.3, 0.4) is 0 Å². The minimum atomic E-state index is -0.152. The summed E-state index contributed by atoms with van der Waals surface area (Å²) in [6.07, 6.45) is 9.64. The fraction of sp³-hybridized carbons (Fsp3) is 0.800. The van der Waals surface area contributed by atoms with E-state index in [4.69, 9.17) is 4.99 Å². The molecule has 1 unspecified atom stereocenters. The number of amidine groups is 1. The summed E-state index contributed by atoms with van der Waals surface area (Å²) in [6, 6.07) is 0.466. The van der Waals surface area contributed by atoms with E-state index < -0.39 is 0 Å². The summed E-state index contributed by atoms with van der Waals surface area (Å²) in [5, 5.41) is 7.33. The highest BCUT2D eigenvalue weighted by atomic mass is 16.2. The van der Waals surface area contributed by atoms with Crippen LogP contribution in [-0.2, 0) is 0 Å². The minimum Gasteiger partial charge on any atom is -0.365 e. The molecule has 26 heavy (non-hydrogen) atoms. The summed E-state index contributed by atoms with van der Waals surface area (Å²) in [5.74, 6) is 3.10. The summed E-state index contributed by atoms with van der Waals surface area (Å²) < 4.78 is 0. The maximum absolute atomic E-state index is 13.1. The number of nitrogens with zero attached hydrogens (tertiary/aromatic N) is 3. The average molecular weight is 358 g/mol. The van der Waals surface area contributed by atoms with Gasteiger partial charge < -0.3 is 10.6 Å². The van der Waals surface area contributed by atoms with Gasteiger partial charge in [0.1, 0.15) is 17.4 Å². The maximum Gasteiger partial charge on any atom is 0.327 e. The Labute approximate surface area is 156 Å². The molecule has 0 radical (unpaired) electrons. The Hall–Kier alpha value is -1.72. The largest absolute Gasteiger partial charge is 0.365 e. The molecule has 2 atom stereocenters. The summed E-state index contributed by atoms with van der Waals surface area (Å²) >= 11 is 0. The number of hydrogen-bond donors (Lipinski definition) is 2. The third kappa shape index (κ3) is 2.23. The van der Waals surface area contributed by atoms with Crippen molar-refractivity contribution >= 4 is 11.9 Å². The first-order valence-electron chi connectivity index (χ1n) is 10.6. The zero-order chi connectivity index (χ0) is 17.9. The Morgan fingerprint density at radius 3 is 2.58 bits per heavy atom. The van der Waals surface area contributed by atoms with Crippen LogP contribution < -0.4 is 10.6 Å². The molecule has 6 nitrogen and oxygen atoms in total. The highest BCUT2D eigenvalue weighted by molar-refractivity contribution is 5.94. The van der Waals surface area contributed by atoms with Gasteiger partial charge in [0.05, 0.1) is 0 Å². The van der Waals surface area contributed by atoms with Crippen LogP contribution in [0.2, 0.25) is 0 Å². The molecular weight excluding hydrogens is 326 g/mol. The van der Waals surface area contributed by atoms with Crippen LogP contribution >= 0.6 is 0 Å². The third-order valence-electron chi connectivity index (χ3n) is 7.36. The quantitative estimate of drug-likeness (QED) is 0.813.